The molecule has 0 saturated carbocycles. The minimum Gasteiger partial charge on any atom is -0.458 e. The van der Waals surface area contributed by atoms with Crippen LogP contribution in [-0.4, -0.2) is 70.3 Å². The first-order valence-corrected chi connectivity index (χ1v) is 15.6. The molecule has 0 spiro atoms. The molecule has 0 heterocycles. The summed E-state index contributed by atoms with van der Waals surface area (Å²) in [5.74, 6) is -1.89. The molecule has 2 aromatic carbocycles. The van der Waals surface area contributed by atoms with E-state index in [-0.39, 0.29) is 25.3 Å². The number of aliphatic hydroxyl groups excluding tert-OH is 1. The van der Waals surface area contributed by atoms with Gasteiger partial charge in [0.25, 0.3) is 0 Å². The number of aliphatic hydroxyl groups is 1. The maximum Gasteiger partial charge on any atom is 0.408 e. The van der Waals surface area contributed by atoms with Crippen LogP contribution in [0.15, 0.2) is 61.2 Å². The lowest BCUT2D eigenvalue weighted by molar-refractivity contribution is -0.159. The Morgan fingerprint density at radius 1 is 0.891 bits per heavy atom. The molecule has 46 heavy (non-hydrogen) atoms. The molecule has 3 unspecified atom stereocenters. The van der Waals surface area contributed by atoms with Gasteiger partial charge in [-0.1, -0.05) is 75.0 Å². The molecule has 3 atom stereocenters. The summed E-state index contributed by atoms with van der Waals surface area (Å²) in [4.78, 5) is 56.1. The second-order valence-electron chi connectivity index (χ2n) is 13.6. The zero-order chi connectivity index (χ0) is 34.7. The van der Waals surface area contributed by atoms with Crippen LogP contribution in [0, 0.1) is 5.92 Å². The number of alkyl carbamates (subject to hydrolysis) is 1. The van der Waals surface area contributed by atoms with Crippen LogP contribution in [0.25, 0.3) is 6.08 Å². The SMILES string of the molecule is C=Cc1cccc(C(C(=O)NC(Cc2ccccc2)C(=O)OC(C)(C)C)N(CCO)C(=O)C(CC(C)C)NC(=O)OC(C)(C)C)c1. The summed E-state index contributed by atoms with van der Waals surface area (Å²) in [6, 6.07) is 12.7. The van der Waals surface area contributed by atoms with E-state index in [4.69, 9.17) is 9.47 Å². The van der Waals surface area contributed by atoms with Crippen molar-refractivity contribution in [3.05, 3.63) is 77.9 Å². The Labute approximate surface area is 273 Å². The molecule has 2 aromatic rings. The molecule has 0 saturated heterocycles. The van der Waals surface area contributed by atoms with Gasteiger partial charge in [-0.25, -0.2) is 9.59 Å². The molecular formula is C36H51N3O7. The number of nitrogens with one attached hydrogen (secondary N) is 2. The molecule has 0 aliphatic heterocycles. The minimum absolute atomic E-state index is 0.0151. The Balaban J connectivity index is 2.61. The van der Waals surface area contributed by atoms with Crippen LogP contribution < -0.4 is 10.6 Å². The van der Waals surface area contributed by atoms with Crippen molar-refractivity contribution in [2.75, 3.05) is 13.2 Å². The number of carbonyl (C=O) groups excluding carboxylic acids is 4. The maximum absolute atomic E-state index is 14.4. The van der Waals surface area contributed by atoms with Crippen LogP contribution in [0.5, 0.6) is 0 Å². The third kappa shape index (κ3) is 12.7. The van der Waals surface area contributed by atoms with Gasteiger partial charge in [-0.05, 0) is 76.6 Å². The fraction of sp³-hybridized carbons (Fsp3) is 0.500. The predicted octanol–water partition coefficient (Wildman–Crippen LogP) is 5.20. The zero-order valence-electron chi connectivity index (χ0n) is 28.5. The Bertz CT molecular complexity index is 1330. The van der Waals surface area contributed by atoms with Gasteiger partial charge in [-0.2, -0.15) is 0 Å². The Morgan fingerprint density at radius 2 is 1.52 bits per heavy atom. The highest BCUT2D eigenvalue weighted by Crippen LogP contribution is 2.26. The second-order valence-corrected chi connectivity index (χ2v) is 13.6. The topological polar surface area (TPSA) is 134 Å². The molecule has 10 heteroatoms. The predicted molar refractivity (Wildman–Crippen MR) is 179 cm³/mol. The maximum atomic E-state index is 14.4. The summed E-state index contributed by atoms with van der Waals surface area (Å²) >= 11 is 0. The lowest BCUT2D eigenvalue weighted by Crippen LogP contribution is -2.55. The van der Waals surface area contributed by atoms with Gasteiger partial charge in [-0.3, -0.25) is 9.59 Å². The minimum atomic E-state index is -1.28. The first kappa shape index (κ1) is 38.0. The van der Waals surface area contributed by atoms with Crippen LogP contribution >= 0.6 is 0 Å². The van der Waals surface area contributed by atoms with Crippen molar-refractivity contribution in [3.63, 3.8) is 0 Å². The van der Waals surface area contributed by atoms with Crippen molar-refractivity contribution in [3.8, 4) is 0 Å². The van der Waals surface area contributed by atoms with Crippen molar-refractivity contribution in [1.82, 2.24) is 15.5 Å². The first-order valence-electron chi connectivity index (χ1n) is 15.6. The molecule has 0 aliphatic rings. The van der Waals surface area contributed by atoms with Crippen molar-refractivity contribution in [2.45, 2.75) is 97.6 Å². The quantitative estimate of drug-likeness (QED) is 0.243. The summed E-state index contributed by atoms with van der Waals surface area (Å²) in [6.45, 7) is 17.3. The molecular weight excluding hydrogens is 586 g/mol. The van der Waals surface area contributed by atoms with E-state index >= 15 is 0 Å². The van der Waals surface area contributed by atoms with Crippen LogP contribution in [0.2, 0.25) is 0 Å². The van der Waals surface area contributed by atoms with Crippen molar-refractivity contribution in [2.24, 2.45) is 5.92 Å². The van der Waals surface area contributed by atoms with Crippen LogP contribution in [0.4, 0.5) is 4.79 Å². The number of hydrogen-bond donors (Lipinski definition) is 3. The Hall–Kier alpha value is -4.18. The number of hydrogen-bond acceptors (Lipinski definition) is 7. The van der Waals surface area contributed by atoms with Gasteiger partial charge >= 0.3 is 12.1 Å². The molecule has 0 fully saturated rings. The molecule has 0 radical (unpaired) electrons. The summed E-state index contributed by atoms with van der Waals surface area (Å²) in [5, 5.41) is 15.6. The number of esters is 1. The smallest absolute Gasteiger partial charge is 0.408 e. The van der Waals surface area contributed by atoms with Crippen molar-refractivity contribution in [1.29, 1.82) is 0 Å². The second kappa shape index (κ2) is 16.9. The van der Waals surface area contributed by atoms with Gasteiger partial charge in [0.2, 0.25) is 11.8 Å². The summed E-state index contributed by atoms with van der Waals surface area (Å²) in [7, 11) is 0. The summed E-state index contributed by atoms with van der Waals surface area (Å²) < 4.78 is 11.1. The van der Waals surface area contributed by atoms with E-state index in [1.807, 2.05) is 44.2 Å². The van der Waals surface area contributed by atoms with Gasteiger partial charge in [0.05, 0.1) is 6.61 Å². The molecule has 2 rings (SSSR count). The van der Waals surface area contributed by atoms with E-state index in [0.29, 0.717) is 11.1 Å². The van der Waals surface area contributed by atoms with Gasteiger partial charge in [0.15, 0.2) is 0 Å². The summed E-state index contributed by atoms with van der Waals surface area (Å²) in [5.41, 5.74) is 0.310. The lowest BCUT2D eigenvalue weighted by Gasteiger charge is -2.35. The molecule has 3 amide bonds. The van der Waals surface area contributed by atoms with Crippen molar-refractivity contribution < 1.29 is 33.8 Å². The van der Waals surface area contributed by atoms with Gasteiger partial charge < -0.3 is 30.1 Å². The third-order valence-electron chi connectivity index (χ3n) is 6.63. The number of ether oxygens (including phenoxy) is 2. The number of amides is 3. The zero-order valence-corrected chi connectivity index (χ0v) is 28.5. The van der Waals surface area contributed by atoms with Crippen LogP contribution in [-0.2, 0) is 30.3 Å². The standard InChI is InChI=1S/C36H51N3O7/c1-10-25-17-14-18-27(22-25)30(31(41)37-29(33(43)45-35(4,5)6)23-26-15-12-11-13-16-26)39(19-20-40)32(42)28(21-24(2)3)38-34(44)46-36(7,8)9/h10-18,22,24,28-30,40H,1,19-21,23H2,2-9H3,(H,37,41)(H,38,44). The van der Waals surface area contributed by atoms with Crippen LogP contribution in [0.3, 0.4) is 0 Å². The fourth-order valence-electron chi connectivity index (χ4n) is 4.81. The number of benzene rings is 2. The van der Waals surface area contributed by atoms with E-state index in [1.165, 1.54) is 4.90 Å². The van der Waals surface area contributed by atoms with E-state index in [1.54, 1.807) is 71.9 Å². The van der Waals surface area contributed by atoms with Gasteiger partial charge in [0.1, 0.15) is 29.3 Å². The number of nitrogens with zero attached hydrogens (tertiary/aromatic N) is 1. The van der Waals surface area contributed by atoms with E-state index in [9.17, 15) is 24.3 Å². The van der Waals surface area contributed by atoms with Crippen molar-refractivity contribution >= 4 is 30.0 Å². The lowest BCUT2D eigenvalue weighted by atomic mass is 9.97. The molecule has 10 nitrogen and oxygen atoms in total. The summed E-state index contributed by atoms with van der Waals surface area (Å²) in [6.07, 6.45) is 1.22. The van der Waals surface area contributed by atoms with E-state index in [2.05, 4.69) is 17.2 Å². The monoisotopic (exact) mass is 637 g/mol. The van der Waals surface area contributed by atoms with Gasteiger partial charge in [0, 0.05) is 13.0 Å². The number of carbonyl (C=O) groups is 4. The Morgan fingerprint density at radius 3 is 2.07 bits per heavy atom. The normalized spacial score (nSPS) is 13.6. The molecule has 0 bridgehead atoms. The van der Waals surface area contributed by atoms with Crippen LogP contribution in [0.1, 0.15) is 84.5 Å². The largest absolute Gasteiger partial charge is 0.458 e. The third-order valence-corrected chi connectivity index (χ3v) is 6.63. The fourth-order valence-corrected chi connectivity index (χ4v) is 4.81. The number of rotatable bonds is 14. The average Bonchev–Trinajstić information content (AvgIpc) is 2.94. The highest BCUT2D eigenvalue weighted by Gasteiger charge is 2.38. The first-order chi connectivity index (χ1) is 21.4. The molecule has 3 N–H and O–H groups in total. The molecule has 252 valence electrons. The van der Waals surface area contributed by atoms with Gasteiger partial charge in [-0.15, -0.1) is 0 Å². The average molecular weight is 638 g/mol. The highest BCUT2D eigenvalue weighted by molar-refractivity contribution is 5.94. The highest BCUT2D eigenvalue weighted by atomic mass is 16.6. The molecule has 0 aromatic heterocycles. The Kier molecular flexibility index (Phi) is 14.0. The molecule has 0 aliphatic carbocycles. The van der Waals surface area contributed by atoms with E-state index < -0.39 is 59.8 Å². The van der Waals surface area contributed by atoms with E-state index in [0.717, 1.165) is 5.56 Å².